The molecule has 4 aliphatic rings. The Balaban J connectivity index is 1.10. The summed E-state index contributed by atoms with van der Waals surface area (Å²) in [7, 11) is 1.49. The predicted octanol–water partition coefficient (Wildman–Crippen LogP) is 6.70. The van der Waals surface area contributed by atoms with E-state index in [1.807, 2.05) is 48.5 Å². The van der Waals surface area contributed by atoms with Gasteiger partial charge in [-0.15, -0.1) is 0 Å². The number of benzene rings is 5. The largest absolute Gasteiger partial charge is 0.497 e. The van der Waals surface area contributed by atoms with Gasteiger partial charge in [0.1, 0.15) is 18.0 Å². The number of esters is 1. The highest BCUT2D eigenvalue weighted by atomic mass is 35.5. The molecule has 1 fully saturated rings. The van der Waals surface area contributed by atoms with Crippen LogP contribution in [0.25, 0.3) is 0 Å². The topological polar surface area (TPSA) is 110 Å². The van der Waals surface area contributed by atoms with Crippen molar-refractivity contribution in [3.05, 3.63) is 165 Å². The van der Waals surface area contributed by atoms with E-state index in [1.54, 1.807) is 24.3 Å². The van der Waals surface area contributed by atoms with Gasteiger partial charge in [0.05, 0.1) is 24.5 Å². The Morgan fingerprint density at radius 3 is 1.71 bits per heavy atom. The lowest BCUT2D eigenvalue weighted by molar-refractivity contribution is -0.154. The van der Waals surface area contributed by atoms with E-state index in [2.05, 4.69) is 0 Å². The number of hydrogen-bond acceptors (Lipinski definition) is 7. The molecule has 252 valence electrons. The molecule has 1 heterocycles. The van der Waals surface area contributed by atoms with E-state index in [1.165, 1.54) is 55.6 Å². The maximum Gasteiger partial charge on any atom is 0.343 e. The van der Waals surface area contributed by atoms with Crippen molar-refractivity contribution in [1.29, 1.82) is 0 Å². The van der Waals surface area contributed by atoms with Crippen molar-refractivity contribution in [1.82, 2.24) is 10.0 Å². The SMILES string of the molecule is COc1cccc(C(=O)Oc2ccc(C(=O)CN(C(=O)c3ccc(Cl)cc3)N3C(=O)[C@H]4C5c6ccccc6C(c6ccccc65)[C@@H]4C3=O)cc2)c1. The van der Waals surface area contributed by atoms with Crippen molar-refractivity contribution in [2.45, 2.75) is 11.8 Å². The van der Waals surface area contributed by atoms with Crippen LogP contribution in [-0.2, 0) is 9.59 Å². The van der Waals surface area contributed by atoms with E-state index in [4.69, 9.17) is 21.1 Å². The molecular weight excluding hydrogens is 668 g/mol. The van der Waals surface area contributed by atoms with E-state index >= 15 is 0 Å². The fraction of sp³-hybridized carbons (Fsp3) is 0.146. The third kappa shape index (κ3) is 5.37. The maximum atomic E-state index is 14.5. The third-order valence-corrected chi connectivity index (χ3v) is 10.2. The van der Waals surface area contributed by atoms with E-state index < -0.39 is 47.9 Å². The Bertz CT molecular complexity index is 2140. The minimum Gasteiger partial charge on any atom is -0.497 e. The fourth-order valence-corrected chi connectivity index (χ4v) is 7.85. The summed E-state index contributed by atoms with van der Waals surface area (Å²) >= 11 is 6.10. The highest BCUT2D eigenvalue weighted by Gasteiger charge is 2.63. The fourth-order valence-electron chi connectivity index (χ4n) is 7.73. The number of imide groups is 1. The van der Waals surface area contributed by atoms with Crippen LogP contribution < -0.4 is 9.47 Å². The van der Waals surface area contributed by atoms with Gasteiger partial charge < -0.3 is 9.47 Å². The van der Waals surface area contributed by atoms with Gasteiger partial charge in [0.15, 0.2) is 5.78 Å². The lowest BCUT2D eigenvalue weighted by Crippen LogP contribution is -2.52. The highest BCUT2D eigenvalue weighted by molar-refractivity contribution is 6.30. The zero-order chi connectivity index (χ0) is 35.4. The molecule has 2 atom stereocenters. The van der Waals surface area contributed by atoms with Crippen LogP contribution >= 0.6 is 11.6 Å². The number of carbonyl (C=O) groups is 5. The summed E-state index contributed by atoms with van der Waals surface area (Å²) in [5.74, 6) is -4.48. The van der Waals surface area contributed by atoms with Crippen LogP contribution in [-0.4, -0.2) is 53.1 Å². The number of carbonyl (C=O) groups excluding carboxylic acids is 5. The molecule has 0 aromatic heterocycles. The van der Waals surface area contributed by atoms with Crippen molar-refractivity contribution >= 4 is 41.1 Å². The lowest BCUT2D eigenvalue weighted by Gasteiger charge is -2.45. The van der Waals surface area contributed by atoms with Crippen molar-refractivity contribution in [3.63, 3.8) is 0 Å². The Morgan fingerprint density at radius 1 is 0.647 bits per heavy atom. The summed E-state index contributed by atoms with van der Waals surface area (Å²) in [5, 5.41) is 2.25. The normalized spacial score (nSPS) is 19.5. The molecule has 3 aliphatic carbocycles. The van der Waals surface area contributed by atoms with Crippen LogP contribution in [0.1, 0.15) is 65.2 Å². The molecule has 51 heavy (non-hydrogen) atoms. The van der Waals surface area contributed by atoms with Crippen LogP contribution in [0.4, 0.5) is 0 Å². The monoisotopic (exact) mass is 696 g/mol. The zero-order valence-electron chi connectivity index (χ0n) is 27.2. The van der Waals surface area contributed by atoms with Gasteiger partial charge in [-0.25, -0.2) is 9.80 Å². The molecule has 2 bridgehead atoms. The van der Waals surface area contributed by atoms with Crippen LogP contribution in [0, 0.1) is 11.8 Å². The Kier molecular flexibility index (Phi) is 8.00. The highest BCUT2D eigenvalue weighted by Crippen LogP contribution is 2.61. The number of amides is 3. The first kappa shape index (κ1) is 32.2. The van der Waals surface area contributed by atoms with Gasteiger partial charge in [-0.1, -0.05) is 66.2 Å². The number of hydrogen-bond donors (Lipinski definition) is 0. The van der Waals surface area contributed by atoms with Crippen molar-refractivity contribution in [2.24, 2.45) is 11.8 Å². The minimum atomic E-state index is -0.749. The van der Waals surface area contributed by atoms with Gasteiger partial charge in [0.2, 0.25) is 0 Å². The number of hydrazine groups is 1. The first-order valence-corrected chi connectivity index (χ1v) is 16.7. The summed E-state index contributed by atoms with van der Waals surface area (Å²) in [4.78, 5) is 69.9. The summed E-state index contributed by atoms with van der Waals surface area (Å²) in [6.07, 6.45) is 0. The van der Waals surface area contributed by atoms with E-state index in [0.29, 0.717) is 10.8 Å². The van der Waals surface area contributed by atoms with Gasteiger partial charge in [-0.05, 0) is 89.0 Å². The van der Waals surface area contributed by atoms with Gasteiger partial charge in [-0.3, -0.25) is 19.2 Å². The number of halogens is 1. The number of methoxy groups -OCH3 is 1. The molecule has 0 unspecified atom stereocenters. The Morgan fingerprint density at radius 2 is 1.18 bits per heavy atom. The number of nitrogens with zero attached hydrogens (tertiary/aromatic N) is 2. The quantitative estimate of drug-likeness (QED) is 0.0769. The molecule has 0 saturated carbocycles. The van der Waals surface area contributed by atoms with Crippen LogP contribution in [0.15, 0.2) is 121 Å². The van der Waals surface area contributed by atoms with Gasteiger partial charge in [0, 0.05) is 28.0 Å². The number of ketones is 1. The van der Waals surface area contributed by atoms with Crippen LogP contribution in [0.2, 0.25) is 5.02 Å². The van der Waals surface area contributed by atoms with Gasteiger partial charge in [0.25, 0.3) is 17.7 Å². The second kappa shape index (κ2) is 12.7. The average molecular weight is 697 g/mol. The summed E-state index contributed by atoms with van der Waals surface area (Å²) < 4.78 is 10.7. The Labute approximate surface area is 297 Å². The molecule has 0 N–H and O–H groups in total. The molecule has 5 aromatic rings. The summed E-state index contributed by atoms with van der Waals surface area (Å²) in [6.45, 7) is -0.601. The Hall–Kier alpha value is -6.06. The third-order valence-electron chi connectivity index (χ3n) is 9.98. The molecular formula is C41H29ClN2O7. The molecule has 9 rings (SSSR count). The summed E-state index contributed by atoms with van der Waals surface area (Å²) in [5.41, 5.74) is 4.58. The number of Topliss-reactive ketones (excluding diaryl/α,β-unsaturated/α-hetero) is 1. The van der Waals surface area contributed by atoms with Gasteiger partial charge in [-0.2, -0.15) is 5.01 Å². The van der Waals surface area contributed by atoms with E-state index in [0.717, 1.165) is 32.3 Å². The molecule has 0 spiro atoms. The molecule has 9 nitrogen and oxygen atoms in total. The van der Waals surface area contributed by atoms with Gasteiger partial charge >= 0.3 is 5.97 Å². The maximum absolute atomic E-state index is 14.5. The second-order valence-electron chi connectivity index (χ2n) is 12.7. The zero-order valence-corrected chi connectivity index (χ0v) is 27.9. The minimum absolute atomic E-state index is 0.150. The molecule has 3 amide bonds. The van der Waals surface area contributed by atoms with Crippen molar-refractivity contribution < 1.29 is 33.4 Å². The van der Waals surface area contributed by atoms with Crippen molar-refractivity contribution in [3.8, 4) is 11.5 Å². The van der Waals surface area contributed by atoms with Crippen molar-refractivity contribution in [2.75, 3.05) is 13.7 Å². The van der Waals surface area contributed by atoms with E-state index in [9.17, 15) is 24.0 Å². The molecule has 10 heteroatoms. The number of rotatable bonds is 8. The first-order valence-electron chi connectivity index (χ1n) is 16.4. The average Bonchev–Trinajstić information content (AvgIpc) is 3.43. The summed E-state index contributed by atoms with van der Waals surface area (Å²) in [6, 6.07) is 34.1. The number of ether oxygens (including phenoxy) is 2. The molecule has 1 saturated heterocycles. The van der Waals surface area contributed by atoms with Crippen LogP contribution in [0.3, 0.4) is 0 Å². The molecule has 1 aliphatic heterocycles. The first-order chi connectivity index (χ1) is 24.7. The van der Waals surface area contributed by atoms with E-state index in [-0.39, 0.29) is 34.3 Å². The standard InChI is InChI=1S/C41H29ClN2O7/c1-50-28-8-6-7-25(21-28)41(49)51-27-19-15-23(16-20-27)33(45)22-43(38(46)24-13-17-26(42)18-14-24)44-39(47)36-34-29-9-2-3-10-30(29)35(37(36)40(44)48)32-12-5-4-11-31(32)34/h2-21,34-37H,22H2,1H3/t34?,35?,36-,37-/m0/s1. The molecule has 0 radical (unpaired) electrons. The molecule has 5 aromatic carbocycles. The predicted molar refractivity (Wildman–Crippen MR) is 187 cm³/mol. The smallest absolute Gasteiger partial charge is 0.343 e. The van der Waals surface area contributed by atoms with Crippen LogP contribution in [0.5, 0.6) is 11.5 Å². The second-order valence-corrected chi connectivity index (χ2v) is 13.1. The lowest BCUT2D eigenvalue weighted by atomic mass is 9.55.